The van der Waals surface area contributed by atoms with Crippen LogP contribution in [-0.4, -0.2) is 12.6 Å². The van der Waals surface area contributed by atoms with E-state index in [9.17, 15) is 4.79 Å². The Bertz CT molecular complexity index is 102. The minimum absolute atomic E-state index is 0.127. The second kappa shape index (κ2) is 6.20. The molecule has 0 N–H and O–H groups in total. The van der Waals surface area contributed by atoms with E-state index in [0.29, 0.717) is 12.4 Å². The summed E-state index contributed by atoms with van der Waals surface area (Å²) in [5, 5.41) is 0. The van der Waals surface area contributed by atoms with Crippen molar-refractivity contribution in [1.82, 2.24) is 0 Å². The molecule has 0 radical (unpaired) electrons. The molecule has 0 bridgehead atoms. The Morgan fingerprint density at radius 1 is 1.45 bits per heavy atom. The summed E-state index contributed by atoms with van der Waals surface area (Å²) in [5.41, 5.74) is 0. The van der Waals surface area contributed by atoms with Crippen molar-refractivity contribution < 1.29 is 9.53 Å². The average Bonchev–Trinajstić information content (AvgIpc) is 2.03. The quantitative estimate of drug-likeness (QED) is 0.555. The highest BCUT2D eigenvalue weighted by Crippen LogP contribution is 2.15. The van der Waals surface area contributed by atoms with E-state index in [2.05, 4.69) is 20.8 Å². The van der Waals surface area contributed by atoms with Crippen LogP contribution < -0.4 is 0 Å². The summed E-state index contributed by atoms with van der Waals surface area (Å²) < 4.78 is 4.95. The van der Waals surface area contributed by atoms with Gasteiger partial charge in [-0.1, -0.05) is 33.6 Å². The third-order valence-corrected chi connectivity index (χ3v) is 2.08. The molecule has 2 nitrogen and oxygen atoms in total. The standard InChI is InChI=1S/C9H18O2/c1-4-6-9(11-7-10)8(3)5-2/h7-9H,4-6H2,1-3H3. The fourth-order valence-electron chi connectivity index (χ4n) is 1.11. The number of rotatable bonds is 6. The highest BCUT2D eigenvalue weighted by molar-refractivity contribution is 5.37. The molecule has 0 amide bonds. The largest absolute Gasteiger partial charge is 0.464 e. The van der Waals surface area contributed by atoms with Crippen molar-refractivity contribution in [3.8, 4) is 0 Å². The van der Waals surface area contributed by atoms with Gasteiger partial charge in [0.2, 0.25) is 0 Å². The van der Waals surface area contributed by atoms with Crippen LogP contribution in [0, 0.1) is 5.92 Å². The van der Waals surface area contributed by atoms with Crippen LogP contribution in [0.2, 0.25) is 0 Å². The number of carbonyl (C=O) groups excluding carboxylic acids is 1. The van der Waals surface area contributed by atoms with Gasteiger partial charge in [-0.3, -0.25) is 4.79 Å². The molecule has 0 aliphatic heterocycles. The fraction of sp³-hybridized carbons (Fsp3) is 0.889. The molecule has 0 aliphatic carbocycles. The van der Waals surface area contributed by atoms with Crippen LogP contribution in [0.4, 0.5) is 0 Å². The number of carbonyl (C=O) groups is 1. The summed E-state index contributed by atoms with van der Waals surface area (Å²) in [6, 6.07) is 0. The third kappa shape index (κ3) is 4.02. The SMILES string of the molecule is CCCC(OC=O)C(C)CC. The van der Waals surface area contributed by atoms with Gasteiger partial charge in [0, 0.05) is 0 Å². The van der Waals surface area contributed by atoms with Crippen LogP contribution in [0.3, 0.4) is 0 Å². The first-order valence-electron chi connectivity index (χ1n) is 4.35. The Morgan fingerprint density at radius 2 is 2.09 bits per heavy atom. The molecule has 0 aromatic heterocycles. The fourth-order valence-corrected chi connectivity index (χ4v) is 1.11. The van der Waals surface area contributed by atoms with Crippen molar-refractivity contribution in [1.29, 1.82) is 0 Å². The zero-order valence-corrected chi connectivity index (χ0v) is 7.67. The first-order chi connectivity index (χ1) is 5.26. The summed E-state index contributed by atoms with van der Waals surface area (Å²) in [7, 11) is 0. The highest BCUT2D eigenvalue weighted by Gasteiger charge is 2.14. The Morgan fingerprint density at radius 3 is 2.45 bits per heavy atom. The maximum atomic E-state index is 10.1. The van der Waals surface area contributed by atoms with Gasteiger partial charge in [0.05, 0.1) is 0 Å². The van der Waals surface area contributed by atoms with Crippen molar-refractivity contribution in [2.45, 2.75) is 46.1 Å². The van der Waals surface area contributed by atoms with Crippen LogP contribution in [-0.2, 0) is 9.53 Å². The van der Waals surface area contributed by atoms with Crippen molar-refractivity contribution >= 4 is 6.47 Å². The third-order valence-electron chi connectivity index (χ3n) is 2.08. The lowest BCUT2D eigenvalue weighted by molar-refractivity contribution is -0.136. The monoisotopic (exact) mass is 158 g/mol. The molecule has 0 rings (SSSR count). The lowest BCUT2D eigenvalue weighted by Gasteiger charge is -2.19. The smallest absolute Gasteiger partial charge is 0.293 e. The average molecular weight is 158 g/mol. The molecule has 66 valence electrons. The minimum Gasteiger partial charge on any atom is -0.464 e. The summed E-state index contributed by atoms with van der Waals surface area (Å²) in [6.45, 7) is 6.89. The molecule has 2 atom stereocenters. The maximum Gasteiger partial charge on any atom is 0.293 e. The van der Waals surface area contributed by atoms with Gasteiger partial charge in [0.1, 0.15) is 6.10 Å². The van der Waals surface area contributed by atoms with Crippen LogP contribution in [0.25, 0.3) is 0 Å². The van der Waals surface area contributed by atoms with Crippen LogP contribution >= 0.6 is 0 Å². The topological polar surface area (TPSA) is 26.3 Å². The van der Waals surface area contributed by atoms with Gasteiger partial charge in [-0.2, -0.15) is 0 Å². The van der Waals surface area contributed by atoms with Crippen LogP contribution in [0.5, 0.6) is 0 Å². The molecule has 2 heteroatoms. The zero-order valence-electron chi connectivity index (χ0n) is 7.67. The van der Waals surface area contributed by atoms with Crippen LogP contribution in [0.15, 0.2) is 0 Å². The minimum atomic E-state index is 0.127. The summed E-state index contributed by atoms with van der Waals surface area (Å²) in [4.78, 5) is 10.1. The molecule has 0 saturated carbocycles. The predicted octanol–water partition coefficient (Wildman–Crippen LogP) is 2.37. The molecule has 0 aliphatic rings. The molecule has 0 aromatic carbocycles. The van der Waals surface area contributed by atoms with Gasteiger partial charge >= 0.3 is 0 Å². The lowest BCUT2D eigenvalue weighted by Crippen LogP contribution is -2.20. The van der Waals surface area contributed by atoms with E-state index >= 15 is 0 Å². The van der Waals surface area contributed by atoms with E-state index in [0.717, 1.165) is 19.3 Å². The predicted molar refractivity (Wildman–Crippen MR) is 45.3 cm³/mol. The second-order valence-electron chi connectivity index (χ2n) is 2.94. The zero-order chi connectivity index (χ0) is 8.69. The van der Waals surface area contributed by atoms with Gasteiger partial charge < -0.3 is 4.74 Å². The van der Waals surface area contributed by atoms with E-state index in [1.54, 1.807) is 0 Å². The van der Waals surface area contributed by atoms with Gasteiger partial charge in [-0.05, 0) is 12.3 Å². The molecule has 0 heterocycles. The van der Waals surface area contributed by atoms with Crippen molar-refractivity contribution in [3.05, 3.63) is 0 Å². The van der Waals surface area contributed by atoms with Crippen molar-refractivity contribution in [3.63, 3.8) is 0 Å². The number of hydrogen-bond donors (Lipinski definition) is 0. The van der Waals surface area contributed by atoms with Gasteiger partial charge in [0.25, 0.3) is 6.47 Å². The van der Waals surface area contributed by atoms with Gasteiger partial charge in [-0.25, -0.2) is 0 Å². The molecule has 0 spiro atoms. The normalized spacial score (nSPS) is 15.5. The molecule has 0 saturated heterocycles. The van der Waals surface area contributed by atoms with Gasteiger partial charge in [-0.15, -0.1) is 0 Å². The number of hydrogen-bond acceptors (Lipinski definition) is 2. The Labute approximate surface area is 68.9 Å². The highest BCUT2D eigenvalue weighted by atomic mass is 16.5. The Hall–Kier alpha value is -0.530. The van der Waals surface area contributed by atoms with E-state index in [1.165, 1.54) is 0 Å². The summed E-state index contributed by atoms with van der Waals surface area (Å²) in [5.74, 6) is 0.486. The van der Waals surface area contributed by atoms with E-state index in [4.69, 9.17) is 4.74 Å². The molecule has 0 aromatic rings. The molecule has 11 heavy (non-hydrogen) atoms. The second-order valence-corrected chi connectivity index (χ2v) is 2.94. The number of ether oxygens (including phenoxy) is 1. The Balaban J connectivity index is 3.75. The van der Waals surface area contributed by atoms with Crippen LogP contribution in [0.1, 0.15) is 40.0 Å². The van der Waals surface area contributed by atoms with E-state index in [1.807, 2.05) is 0 Å². The van der Waals surface area contributed by atoms with Gasteiger partial charge in [0.15, 0.2) is 0 Å². The first kappa shape index (κ1) is 10.5. The molecule has 0 fully saturated rings. The molecule has 2 unspecified atom stereocenters. The summed E-state index contributed by atoms with van der Waals surface area (Å²) >= 11 is 0. The molecular weight excluding hydrogens is 140 g/mol. The first-order valence-corrected chi connectivity index (χ1v) is 4.35. The maximum absolute atomic E-state index is 10.1. The van der Waals surface area contributed by atoms with E-state index in [-0.39, 0.29) is 6.10 Å². The van der Waals surface area contributed by atoms with E-state index < -0.39 is 0 Å². The summed E-state index contributed by atoms with van der Waals surface area (Å²) in [6.07, 6.45) is 3.25. The lowest BCUT2D eigenvalue weighted by atomic mass is 9.98. The van der Waals surface area contributed by atoms with Crippen molar-refractivity contribution in [2.24, 2.45) is 5.92 Å². The Kier molecular flexibility index (Phi) is 5.90. The molecular formula is C9H18O2. The van der Waals surface area contributed by atoms with Crippen molar-refractivity contribution in [2.75, 3.05) is 0 Å².